The first-order chi connectivity index (χ1) is 17.2. The molecule has 186 valence electrons. The van der Waals surface area contributed by atoms with Crippen LogP contribution >= 0.6 is 11.6 Å². The first-order valence-corrected chi connectivity index (χ1v) is 11.6. The maximum absolute atomic E-state index is 13.8. The van der Waals surface area contributed by atoms with Gasteiger partial charge in [-0.3, -0.25) is 9.69 Å². The average molecular weight is 518 g/mol. The van der Waals surface area contributed by atoms with E-state index in [-0.39, 0.29) is 17.0 Å². The van der Waals surface area contributed by atoms with E-state index in [2.05, 4.69) is 15.0 Å². The summed E-state index contributed by atoms with van der Waals surface area (Å²) in [5.74, 6) is -0.972. The molecule has 1 fully saturated rings. The van der Waals surface area contributed by atoms with Gasteiger partial charge in [-0.1, -0.05) is 23.7 Å². The number of nitrogens with zero attached hydrogens (tertiary/aromatic N) is 5. The lowest BCUT2D eigenvalue weighted by atomic mass is 10.1. The van der Waals surface area contributed by atoms with Crippen LogP contribution in [0.5, 0.6) is 0 Å². The lowest BCUT2D eigenvalue weighted by Gasteiger charge is -2.34. The molecule has 3 heterocycles. The van der Waals surface area contributed by atoms with Gasteiger partial charge in [0.15, 0.2) is 17.0 Å². The molecule has 1 amide bonds. The van der Waals surface area contributed by atoms with Crippen molar-refractivity contribution < 1.29 is 22.4 Å². The maximum atomic E-state index is 13.8. The summed E-state index contributed by atoms with van der Waals surface area (Å²) in [7, 11) is 0. The number of carbonyl (C=O) groups is 1. The number of alkyl halides is 3. The van der Waals surface area contributed by atoms with Crippen LogP contribution in [0.1, 0.15) is 21.7 Å². The number of fused-ring (bicyclic) bond motifs is 1. The minimum Gasteiger partial charge on any atom is -0.335 e. The third kappa shape index (κ3) is 5.05. The molecule has 0 unspecified atom stereocenters. The molecule has 2 aromatic carbocycles. The van der Waals surface area contributed by atoms with Crippen molar-refractivity contribution in [3.8, 4) is 11.3 Å². The SMILES string of the molecule is O=C(c1cc2nc(-c3ccc(F)cc3)cc(C(F)(F)F)n2n1)N1CCN(Cc2cccc(Cl)c2)CC1. The third-order valence-electron chi connectivity index (χ3n) is 6.03. The van der Waals surface area contributed by atoms with Gasteiger partial charge < -0.3 is 4.90 Å². The Morgan fingerprint density at radius 3 is 2.36 bits per heavy atom. The molecule has 6 nitrogen and oxygen atoms in total. The highest BCUT2D eigenvalue weighted by atomic mass is 35.5. The Morgan fingerprint density at radius 1 is 0.972 bits per heavy atom. The predicted octanol–water partition coefficient (Wildman–Crippen LogP) is 5.17. The number of amides is 1. The summed E-state index contributed by atoms with van der Waals surface area (Å²) >= 11 is 6.05. The van der Waals surface area contributed by atoms with E-state index in [0.717, 1.165) is 23.8 Å². The Labute approximate surface area is 208 Å². The minimum absolute atomic E-state index is 0.00311. The molecule has 36 heavy (non-hydrogen) atoms. The standard InChI is InChI=1S/C25H20ClF4N5O/c26-18-3-1-2-16(12-18)15-33-8-10-34(11-9-33)24(36)21-14-23-31-20(17-4-6-19(27)7-5-17)13-22(25(28,29)30)35(23)32-21/h1-7,12-14H,8-11,15H2. The highest BCUT2D eigenvalue weighted by Crippen LogP contribution is 2.32. The molecule has 0 saturated carbocycles. The summed E-state index contributed by atoms with van der Waals surface area (Å²) < 4.78 is 55.4. The van der Waals surface area contributed by atoms with Crippen LogP contribution in [0.2, 0.25) is 5.02 Å². The Balaban J connectivity index is 1.37. The van der Waals surface area contributed by atoms with E-state index < -0.39 is 23.6 Å². The van der Waals surface area contributed by atoms with Crippen molar-refractivity contribution in [1.29, 1.82) is 0 Å². The van der Waals surface area contributed by atoms with E-state index in [0.29, 0.717) is 47.8 Å². The Bertz CT molecular complexity index is 1410. The summed E-state index contributed by atoms with van der Waals surface area (Å²) in [5, 5.41) is 4.61. The zero-order valence-electron chi connectivity index (χ0n) is 18.8. The third-order valence-corrected chi connectivity index (χ3v) is 6.27. The van der Waals surface area contributed by atoms with Crippen LogP contribution in [0.4, 0.5) is 17.6 Å². The van der Waals surface area contributed by atoms with Gasteiger partial charge in [-0.25, -0.2) is 13.9 Å². The fraction of sp³-hybridized carbons (Fsp3) is 0.240. The number of rotatable bonds is 4. The molecule has 1 saturated heterocycles. The number of benzene rings is 2. The minimum atomic E-state index is -4.74. The largest absolute Gasteiger partial charge is 0.433 e. The van der Waals surface area contributed by atoms with Gasteiger partial charge in [0.05, 0.1) is 5.69 Å². The number of hydrogen-bond acceptors (Lipinski definition) is 4. The fourth-order valence-corrected chi connectivity index (χ4v) is 4.43. The molecule has 0 spiro atoms. The molecular formula is C25H20ClF4N5O. The lowest BCUT2D eigenvalue weighted by molar-refractivity contribution is -0.142. The monoisotopic (exact) mass is 517 g/mol. The van der Waals surface area contributed by atoms with Gasteiger partial charge in [-0.15, -0.1) is 0 Å². The molecular weight excluding hydrogens is 498 g/mol. The number of hydrogen-bond donors (Lipinski definition) is 0. The lowest BCUT2D eigenvalue weighted by Crippen LogP contribution is -2.48. The highest BCUT2D eigenvalue weighted by Gasteiger charge is 2.36. The van der Waals surface area contributed by atoms with Gasteiger partial charge in [0, 0.05) is 49.4 Å². The van der Waals surface area contributed by atoms with Crippen LogP contribution in [0, 0.1) is 5.82 Å². The summed E-state index contributed by atoms with van der Waals surface area (Å²) in [6.07, 6.45) is -4.74. The van der Waals surface area contributed by atoms with E-state index in [1.807, 2.05) is 18.2 Å². The summed E-state index contributed by atoms with van der Waals surface area (Å²) in [4.78, 5) is 21.1. The molecule has 0 bridgehead atoms. The van der Waals surface area contributed by atoms with Crippen molar-refractivity contribution in [2.24, 2.45) is 0 Å². The Kier molecular flexibility index (Phi) is 6.40. The zero-order chi connectivity index (χ0) is 25.4. The average Bonchev–Trinajstić information content (AvgIpc) is 3.27. The van der Waals surface area contributed by atoms with Crippen LogP contribution < -0.4 is 0 Å². The number of halogens is 5. The molecule has 4 aromatic rings. The van der Waals surface area contributed by atoms with Gasteiger partial charge in [0.25, 0.3) is 5.91 Å². The molecule has 0 aliphatic carbocycles. The van der Waals surface area contributed by atoms with Crippen molar-refractivity contribution in [2.45, 2.75) is 12.7 Å². The van der Waals surface area contributed by atoms with Gasteiger partial charge in [-0.05, 0) is 48.0 Å². The maximum Gasteiger partial charge on any atom is 0.433 e. The van der Waals surface area contributed by atoms with Gasteiger partial charge in [0.2, 0.25) is 0 Å². The molecule has 2 aromatic heterocycles. The van der Waals surface area contributed by atoms with Crippen LogP contribution in [0.25, 0.3) is 16.9 Å². The van der Waals surface area contributed by atoms with Crippen molar-refractivity contribution in [2.75, 3.05) is 26.2 Å². The van der Waals surface area contributed by atoms with Crippen LogP contribution in [-0.4, -0.2) is 56.5 Å². The summed E-state index contributed by atoms with van der Waals surface area (Å²) in [6.45, 7) is 2.71. The van der Waals surface area contributed by atoms with Crippen molar-refractivity contribution in [1.82, 2.24) is 24.4 Å². The zero-order valence-corrected chi connectivity index (χ0v) is 19.6. The quantitative estimate of drug-likeness (QED) is 0.351. The van der Waals surface area contributed by atoms with E-state index in [4.69, 9.17) is 11.6 Å². The number of carbonyl (C=O) groups excluding carboxylic acids is 1. The Morgan fingerprint density at radius 2 is 1.69 bits per heavy atom. The molecule has 5 rings (SSSR count). The van der Waals surface area contributed by atoms with Crippen molar-refractivity contribution in [3.05, 3.63) is 88.5 Å². The Hall–Kier alpha value is -3.50. The second-order valence-corrected chi connectivity index (χ2v) is 8.97. The van der Waals surface area contributed by atoms with Gasteiger partial charge >= 0.3 is 6.18 Å². The van der Waals surface area contributed by atoms with Gasteiger partial charge in [0.1, 0.15) is 5.82 Å². The molecule has 0 radical (unpaired) electrons. The second-order valence-electron chi connectivity index (χ2n) is 8.53. The van der Waals surface area contributed by atoms with Crippen LogP contribution in [0.15, 0.2) is 60.7 Å². The topological polar surface area (TPSA) is 53.7 Å². The highest BCUT2D eigenvalue weighted by molar-refractivity contribution is 6.30. The van der Waals surface area contributed by atoms with Crippen LogP contribution in [0.3, 0.4) is 0 Å². The first kappa shape index (κ1) is 24.2. The summed E-state index contributed by atoms with van der Waals surface area (Å²) in [5.41, 5.74) is 0.0693. The smallest absolute Gasteiger partial charge is 0.335 e. The molecule has 1 aliphatic rings. The van der Waals surface area contributed by atoms with E-state index in [1.165, 1.54) is 18.2 Å². The molecule has 0 N–H and O–H groups in total. The van der Waals surface area contributed by atoms with Crippen LogP contribution in [-0.2, 0) is 12.7 Å². The fourth-order valence-electron chi connectivity index (χ4n) is 4.21. The van der Waals surface area contributed by atoms with Crippen molar-refractivity contribution in [3.63, 3.8) is 0 Å². The normalized spacial score (nSPS) is 15.0. The molecule has 1 aliphatic heterocycles. The van der Waals surface area contributed by atoms with Crippen molar-refractivity contribution >= 4 is 23.2 Å². The molecule has 0 atom stereocenters. The summed E-state index contributed by atoms with van der Waals surface area (Å²) in [6, 6.07) is 14.6. The molecule has 11 heteroatoms. The predicted molar refractivity (Wildman–Crippen MR) is 126 cm³/mol. The van der Waals surface area contributed by atoms with Gasteiger partial charge in [-0.2, -0.15) is 18.3 Å². The second kappa shape index (κ2) is 9.51. The van der Waals surface area contributed by atoms with E-state index in [9.17, 15) is 22.4 Å². The first-order valence-electron chi connectivity index (χ1n) is 11.2. The van der Waals surface area contributed by atoms with E-state index >= 15 is 0 Å². The number of aromatic nitrogens is 3. The number of piperazine rings is 1. The van der Waals surface area contributed by atoms with E-state index in [1.54, 1.807) is 11.0 Å².